The predicted molar refractivity (Wildman–Crippen MR) is 97.9 cm³/mol. The zero-order valence-corrected chi connectivity index (χ0v) is 15.4. The number of carbonyl (C=O) groups excluding carboxylic acids is 1. The first-order valence-electron chi connectivity index (χ1n) is 9.01. The van der Waals surface area contributed by atoms with E-state index in [1.165, 1.54) is 0 Å². The quantitative estimate of drug-likeness (QED) is 0.802. The number of piperazine rings is 1. The third-order valence-corrected chi connectivity index (χ3v) is 5.33. The zero-order valence-electron chi connectivity index (χ0n) is 14.7. The van der Waals surface area contributed by atoms with E-state index in [9.17, 15) is 13.6 Å². The summed E-state index contributed by atoms with van der Waals surface area (Å²) >= 11 is 5.74. The average Bonchev–Trinajstić information content (AvgIpc) is 3.51. The first kappa shape index (κ1) is 18.1. The van der Waals surface area contributed by atoms with Crippen molar-refractivity contribution in [3.8, 4) is 0 Å². The van der Waals surface area contributed by atoms with E-state index >= 15 is 0 Å². The molecule has 1 aliphatic carbocycles. The lowest BCUT2D eigenvalue weighted by Crippen LogP contribution is -2.49. The second kappa shape index (κ2) is 7.38. The SMILES string of the molecule is O=C(Cc1ccc(C2CC2)c(F)c1F)N1CCN(c2ccc(Cl)nn2)CC1. The lowest BCUT2D eigenvalue weighted by molar-refractivity contribution is -0.130. The van der Waals surface area contributed by atoms with Crippen LogP contribution in [0.25, 0.3) is 0 Å². The molecular formula is C19H19ClF2N4O. The number of anilines is 1. The molecule has 1 aliphatic heterocycles. The standard InChI is InChI=1S/C19H19ClF2N4O/c20-15-5-6-16(24-23-15)25-7-9-26(10-8-25)17(27)11-13-3-4-14(12-1-2-12)19(22)18(13)21/h3-6,12H,1-2,7-11H2. The molecule has 5 nitrogen and oxygen atoms in total. The van der Waals surface area contributed by atoms with Crippen molar-refractivity contribution in [2.75, 3.05) is 31.1 Å². The smallest absolute Gasteiger partial charge is 0.227 e. The molecule has 0 bridgehead atoms. The van der Waals surface area contributed by atoms with Crippen LogP contribution in [0, 0.1) is 11.6 Å². The molecule has 0 spiro atoms. The Kier molecular flexibility index (Phi) is 4.95. The van der Waals surface area contributed by atoms with Gasteiger partial charge in [0.25, 0.3) is 0 Å². The van der Waals surface area contributed by atoms with Gasteiger partial charge in [-0.2, -0.15) is 0 Å². The fourth-order valence-corrected chi connectivity index (χ4v) is 3.49. The van der Waals surface area contributed by atoms with Crippen molar-refractivity contribution < 1.29 is 13.6 Å². The Bertz CT molecular complexity index is 850. The van der Waals surface area contributed by atoms with Gasteiger partial charge in [-0.15, -0.1) is 10.2 Å². The van der Waals surface area contributed by atoms with Crippen LogP contribution in [-0.2, 0) is 11.2 Å². The predicted octanol–water partition coefficient (Wildman–Crippen LogP) is 3.18. The monoisotopic (exact) mass is 392 g/mol. The number of halogens is 3. The number of hydrogen-bond donors (Lipinski definition) is 0. The maximum absolute atomic E-state index is 14.3. The summed E-state index contributed by atoms with van der Waals surface area (Å²) in [4.78, 5) is 16.2. The molecule has 1 saturated heterocycles. The van der Waals surface area contributed by atoms with E-state index in [0.717, 1.165) is 12.8 Å². The van der Waals surface area contributed by atoms with Gasteiger partial charge in [-0.25, -0.2) is 8.78 Å². The van der Waals surface area contributed by atoms with Crippen molar-refractivity contribution >= 4 is 23.3 Å². The van der Waals surface area contributed by atoms with Gasteiger partial charge in [-0.3, -0.25) is 4.79 Å². The van der Waals surface area contributed by atoms with Crippen LogP contribution in [0.1, 0.15) is 29.9 Å². The summed E-state index contributed by atoms with van der Waals surface area (Å²) in [5.74, 6) is -1.05. The van der Waals surface area contributed by atoms with Gasteiger partial charge < -0.3 is 9.80 Å². The summed E-state index contributed by atoms with van der Waals surface area (Å²) in [5, 5.41) is 8.19. The summed E-state index contributed by atoms with van der Waals surface area (Å²) in [6.07, 6.45) is 1.67. The van der Waals surface area contributed by atoms with Crippen molar-refractivity contribution in [1.82, 2.24) is 15.1 Å². The van der Waals surface area contributed by atoms with E-state index in [4.69, 9.17) is 11.6 Å². The number of benzene rings is 1. The summed E-state index contributed by atoms with van der Waals surface area (Å²) in [6, 6.07) is 6.62. The number of nitrogens with zero attached hydrogens (tertiary/aromatic N) is 4. The molecule has 142 valence electrons. The van der Waals surface area contributed by atoms with Crippen LogP contribution in [0.3, 0.4) is 0 Å². The molecule has 2 heterocycles. The number of rotatable bonds is 4. The Morgan fingerprint density at radius 1 is 1.04 bits per heavy atom. The molecule has 0 unspecified atom stereocenters. The highest BCUT2D eigenvalue weighted by molar-refractivity contribution is 6.29. The number of hydrogen-bond acceptors (Lipinski definition) is 4. The highest BCUT2D eigenvalue weighted by Gasteiger charge is 2.29. The number of aromatic nitrogens is 2. The minimum absolute atomic E-state index is 0.118. The van der Waals surface area contributed by atoms with Gasteiger partial charge in [-0.05, 0) is 36.5 Å². The topological polar surface area (TPSA) is 49.3 Å². The Hall–Kier alpha value is -2.28. The van der Waals surface area contributed by atoms with E-state index < -0.39 is 11.6 Å². The summed E-state index contributed by atoms with van der Waals surface area (Å²) in [7, 11) is 0. The van der Waals surface area contributed by atoms with E-state index in [-0.39, 0.29) is 23.8 Å². The molecule has 8 heteroatoms. The molecule has 0 atom stereocenters. The summed E-state index contributed by atoms with van der Waals surface area (Å²) in [5.41, 5.74) is 0.550. The number of amides is 1. The maximum Gasteiger partial charge on any atom is 0.227 e. The Morgan fingerprint density at radius 2 is 1.78 bits per heavy atom. The van der Waals surface area contributed by atoms with E-state index in [1.54, 1.807) is 29.2 Å². The minimum atomic E-state index is -0.886. The Labute approximate surface area is 160 Å². The number of carbonyl (C=O) groups is 1. The van der Waals surface area contributed by atoms with Crippen molar-refractivity contribution in [1.29, 1.82) is 0 Å². The van der Waals surface area contributed by atoms with Gasteiger partial charge in [0.15, 0.2) is 22.6 Å². The molecule has 4 rings (SSSR count). The molecular weight excluding hydrogens is 374 g/mol. The molecule has 1 aromatic heterocycles. The van der Waals surface area contributed by atoms with E-state index in [0.29, 0.717) is 42.7 Å². The van der Waals surface area contributed by atoms with Crippen molar-refractivity contribution in [2.45, 2.75) is 25.2 Å². The van der Waals surface area contributed by atoms with Gasteiger partial charge in [0.2, 0.25) is 5.91 Å². The van der Waals surface area contributed by atoms with Crippen LogP contribution < -0.4 is 4.90 Å². The lowest BCUT2D eigenvalue weighted by atomic mass is 10.0. The van der Waals surface area contributed by atoms with E-state index in [2.05, 4.69) is 10.2 Å². The fraction of sp³-hybridized carbons (Fsp3) is 0.421. The lowest BCUT2D eigenvalue weighted by Gasteiger charge is -2.35. The highest BCUT2D eigenvalue weighted by Crippen LogP contribution is 2.42. The highest BCUT2D eigenvalue weighted by atomic mass is 35.5. The molecule has 1 amide bonds. The van der Waals surface area contributed by atoms with Crippen LogP contribution in [-0.4, -0.2) is 47.2 Å². The van der Waals surface area contributed by atoms with Crippen LogP contribution >= 0.6 is 11.6 Å². The second-order valence-corrected chi connectivity index (χ2v) is 7.36. The maximum atomic E-state index is 14.3. The van der Waals surface area contributed by atoms with Crippen LogP contribution in [0.5, 0.6) is 0 Å². The largest absolute Gasteiger partial charge is 0.352 e. The first-order valence-corrected chi connectivity index (χ1v) is 9.39. The molecule has 0 radical (unpaired) electrons. The third kappa shape index (κ3) is 3.88. The zero-order chi connectivity index (χ0) is 19.0. The molecule has 2 aromatic rings. The first-order chi connectivity index (χ1) is 13.0. The Morgan fingerprint density at radius 3 is 2.41 bits per heavy atom. The summed E-state index contributed by atoms with van der Waals surface area (Å²) < 4.78 is 28.5. The summed E-state index contributed by atoms with van der Waals surface area (Å²) in [6.45, 7) is 2.18. The second-order valence-electron chi connectivity index (χ2n) is 6.98. The van der Waals surface area contributed by atoms with Crippen molar-refractivity contribution in [3.63, 3.8) is 0 Å². The molecule has 1 aromatic carbocycles. The van der Waals surface area contributed by atoms with Gasteiger partial charge in [0.1, 0.15) is 0 Å². The Balaban J connectivity index is 1.37. The molecule has 0 N–H and O–H groups in total. The third-order valence-electron chi connectivity index (χ3n) is 5.13. The normalized spacial score (nSPS) is 17.3. The van der Waals surface area contributed by atoms with Crippen LogP contribution in [0.15, 0.2) is 24.3 Å². The van der Waals surface area contributed by atoms with E-state index in [1.807, 2.05) is 4.90 Å². The van der Waals surface area contributed by atoms with Crippen molar-refractivity contribution in [3.05, 3.63) is 52.2 Å². The minimum Gasteiger partial charge on any atom is -0.352 e. The van der Waals surface area contributed by atoms with Gasteiger partial charge in [-0.1, -0.05) is 23.7 Å². The van der Waals surface area contributed by atoms with Gasteiger partial charge in [0.05, 0.1) is 6.42 Å². The molecule has 2 aliphatic rings. The molecule has 2 fully saturated rings. The van der Waals surface area contributed by atoms with Gasteiger partial charge >= 0.3 is 0 Å². The van der Waals surface area contributed by atoms with Gasteiger partial charge in [0, 0.05) is 31.7 Å². The van der Waals surface area contributed by atoms with Crippen LogP contribution in [0.4, 0.5) is 14.6 Å². The fourth-order valence-electron chi connectivity index (χ4n) is 3.39. The molecule has 27 heavy (non-hydrogen) atoms. The average molecular weight is 393 g/mol. The van der Waals surface area contributed by atoms with Crippen LogP contribution in [0.2, 0.25) is 5.15 Å². The molecule has 1 saturated carbocycles. The van der Waals surface area contributed by atoms with Crippen molar-refractivity contribution in [2.24, 2.45) is 0 Å².